The van der Waals surface area contributed by atoms with Crippen LogP contribution >= 0.6 is 62.2 Å². The fraction of sp³-hybridized carbons (Fsp3) is 0.0800. The fourth-order valence-corrected chi connectivity index (χ4v) is 6.47. The van der Waals surface area contributed by atoms with E-state index in [4.69, 9.17) is 23.2 Å². The van der Waals surface area contributed by atoms with E-state index in [1.807, 2.05) is 6.07 Å². The van der Waals surface area contributed by atoms with Crippen LogP contribution in [0.3, 0.4) is 0 Å². The summed E-state index contributed by atoms with van der Waals surface area (Å²) in [5.74, 6) is -1.38. The molecule has 1 amide bonds. The number of anilines is 1. The largest absolute Gasteiger partial charge is 0.507 e. The number of aliphatic hydroxyl groups excluding tert-OH is 1. The van der Waals surface area contributed by atoms with Crippen molar-refractivity contribution in [1.29, 1.82) is 0 Å². The van der Waals surface area contributed by atoms with Gasteiger partial charge in [0.25, 0.3) is 5.78 Å². The van der Waals surface area contributed by atoms with Gasteiger partial charge in [0.2, 0.25) is 5.13 Å². The van der Waals surface area contributed by atoms with E-state index in [0.29, 0.717) is 31.3 Å². The minimum atomic E-state index is -0.922. The van der Waals surface area contributed by atoms with Crippen molar-refractivity contribution in [2.75, 3.05) is 4.90 Å². The summed E-state index contributed by atoms with van der Waals surface area (Å²) >= 11 is 18.2. The van der Waals surface area contributed by atoms with Crippen LogP contribution < -0.4 is 4.90 Å². The Bertz CT molecular complexity index is 1530. The third-order valence-corrected chi connectivity index (χ3v) is 8.75. The lowest BCUT2D eigenvalue weighted by atomic mass is 9.96. The number of hydrogen-bond acceptors (Lipinski definition) is 8. The first-order chi connectivity index (χ1) is 17.8. The second-order valence-corrected chi connectivity index (χ2v) is 11.8. The number of aromatic nitrogens is 3. The van der Waals surface area contributed by atoms with Crippen molar-refractivity contribution in [1.82, 2.24) is 15.2 Å². The Morgan fingerprint density at radius 2 is 1.89 bits per heavy atom. The molecule has 4 aromatic rings. The number of pyridine rings is 1. The zero-order valence-electron chi connectivity index (χ0n) is 18.6. The van der Waals surface area contributed by atoms with Crippen LogP contribution in [0.5, 0.6) is 0 Å². The van der Waals surface area contributed by atoms with Crippen LogP contribution in [0, 0.1) is 0 Å². The number of benzene rings is 2. The fourth-order valence-electron chi connectivity index (χ4n) is 3.78. The highest BCUT2D eigenvalue weighted by Gasteiger charge is 2.48. The van der Waals surface area contributed by atoms with Gasteiger partial charge in [0.15, 0.2) is 4.34 Å². The zero-order chi connectivity index (χ0) is 26.1. The molecule has 12 heteroatoms. The summed E-state index contributed by atoms with van der Waals surface area (Å²) in [7, 11) is 0. The third kappa shape index (κ3) is 5.30. The SMILES string of the molecule is O=C1C(=O)N(c2nnc(SCc3ccc(Cl)cc3Cl)s2)C(c2cccnc2)/C1=C(/O)c1ccc(Br)cc1. The molecule has 2 aromatic heterocycles. The lowest BCUT2D eigenvalue weighted by Crippen LogP contribution is -2.29. The zero-order valence-corrected chi connectivity index (χ0v) is 23.4. The Hall–Kier alpha value is -2.76. The molecular formula is C25H15BrCl2N4O3S2. The number of rotatable bonds is 6. The molecule has 0 radical (unpaired) electrons. The van der Waals surface area contributed by atoms with Crippen molar-refractivity contribution < 1.29 is 14.7 Å². The third-order valence-electron chi connectivity index (χ3n) is 5.53. The summed E-state index contributed by atoms with van der Waals surface area (Å²) in [5, 5.41) is 20.9. The van der Waals surface area contributed by atoms with Crippen molar-refractivity contribution >= 4 is 84.8 Å². The molecular weight excluding hydrogens is 619 g/mol. The van der Waals surface area contributed by atoms with Crippen LogP contribution in [-0.2, 0) is 15.3 Å². The first-order valence-electron chi connectivity index (χ1n) is 10.7. The van der Waals surface area contributed by atoms with Crippen LogP contribution in [0.15, 0.2) is 81.4 Å². The lowest BCUT2D eigenvalue weighted by Gasteiger charge is -2.22. The monoisotopic (exact) mass is 632 g/mol. The molecule has 37 heavy (non-hydrogen) atoms. The first kappa shape index (κ1) is 25.9. The maximum Gasteiger partial charge on any atom is 0.301 e. The molecule has 0 aliphatic carbocycles. The topological polar surface area (TPSA) is 96.3 Å². The number of nitrogens with zero attached hydrogens (tertiary/aromatic N) is 4. The smallest absolute Gasteiger partial charge is 0.301 e. The van der Waals surface area contributed by atoms with E-state index in [0.717, 1.165) is 10.0 Å². The quantitative estimate of drug-likeness (QED) is 0.0809. The van der Waals surface area contributed by atoms with Crippen molar-refractivity contribution in [2.24, 2.45) is 0 Å². The summed E-state index contributed by atoms with van der Waals surface area (Å²) in [6, 6.07) is 14.6. The molecule has 0 spiro atoms. The van der Waals surface area contributed by atoms with Gasteiger partial charge >= 0.3 is 5.91 Å². The van der Waals surface area contributed by atoms with Crippen LogP contribution in [-0.4, -0.2) is 32.0 Å². The van der Waals surface area contributed by atoms with Gasteiger partial charge in [-0.3, -0.25) is 19.5 Å². The summed E-state index contributed by atoms with van der Waals surface area (Å²) < 4.78 is 1.40. The number of amides is 1. The Morgan fingerprint density at radius 3 is 2.59 bits per heavy atom. The Balaban J connectivity index is 1.51. The molecule has 7 nitrogen and oxygen atoms in total. The van der Waals surface area contributed by atoms with Gasteiger partial charge in [0.1, 0.15) is 5.76 Å². The molecule has 0 bridgehead atoms. The number of carbonyl (C=O) groups excluding carboxylic acids is 2. The van der Waals surface area contributed by atoms with Crippen molar-refractivity contribution in [3.05, 3.63) is 104 Å². The van der Waals surface area contributed by atoms with E-state index < -0.39 is 17.7 Å². The number of carbonyl (C=O) groups is 2. The number of halogens is 3. The molecule has 1 unspecified atom stereocenters. The second kappa shape index (κ2) is 10.9. The van der Waals surface area contributed by atoms with E-state index >= 15 is 0 Å². The average Bonchev–Trinajstić information content (AvgIpc) is 3.46. The van der Waals surface area contributed by atoms with E-state index in [1.54, 1.807) is 60.9 Å². The maximum absolute atomic E-state index is 13.3. The van der Waals surface area contributed by atoms with Crippen LogP contribution in [0.25, 0.3) is 5.76 Å². The molecule has 186 valence electrons. The van der Waals surface area contributed by atoms with Gasteiger partial charge in [0, 0.05) is 38.2 Å². The highest BCUT2D eigenvalue weighted by atomic mass is 79.9. The van der Waals surface area contributed by atoms with Crippen LogP contribution in [0.2, 0.25) is 10.0 Å². The van der Waals surface area contributed by atoms with Gasteiger partial charge in [0.05, 0.1) is 11.6 Å². The minimum Gasteiger partial charge on any atom is -0.507 e. The van der Waals surface area contributed by atoms with E-state index in [9.17, 15) is 14.7 Å². The van der Waals surface area contributed by atoms with Gasteiger partial charge in [-0.05, 0) is 41.5 Å². The standard InChI is InChI=1S/C25H15BrCl2N4O3S2/c26-16-6-3-13(4-7-16)21(33)19-20(14-2-1-9-29-11-14)32(23(35)22(19)34)24-30-31-25(37-24)36-12-15-5-8-17(27)10-18(15)28/h1-11,20,33H,12H2/b21-19-. The molecule has 0 saturated carbocycles. The molecule has 1 aliphatic rings. The maximum atomic E-state index is 13.3. The van der Waals surface area contributed by atoms with Gasteiger partial charge in [-0.2, -0.15) is 0 Å². The van der Waals surface area contributed by atoms with Crippen molar-refractivity contribution in [3.63, 3.8) is 0 Å². The summed E-state index contributed by atoms with van der Waals surface area (Å²) in [5.41, 5.74) is 1.79. The second-order valence-electron chi connectivity index (χ2n) is 7.84. The van der Waals surface area contributed by atoms with E-state index in [1.165, 1.54) is 28.0 Å². The van der Waals surface area contributed by atoms with Gasteiger partial charge in [-0.15, -0.1) is 10.2 Å². The molecule has 1 N–H and O–H groups in total. The predicted molar refractivity (Wildman–Crippen MR) is 149 cm³/mol. The molecule has 1 aliphatic heterocycles. The summed E-state index contributed by atoms with van der Waals surface area (Å²) in [6.45, 7) is 0. The molecule has 1 saturated heterocycles. The van der Waals surface area contributed by atoms with Crippen molar-refractivity contribution in [3.8, 4) is 0 Å². The molecule has 3 heterocycles. The number of Topliss-reactive ketones (excluding diaryl/α,β-unsaturated/α-hetero) is 1. The molecule has 2 aromatic carbocycles. The van der Waals surface area contributed by atoms with Crippen LogP contribution in [0.1, 0.15) is 22.7 Å². The van der Waals surface area contributed by atoms with Crippen molar-refractivity contribution in [2.45, 2.75) is 16.1 Å². The molecule has 1 atom stereocenters. The predicted octanol–water partition coefficient (Wildman–Crippen LogP) is 6.92. The highest BCUT2D eigenvalue weighted by molar-refractivity contribution is 9.10. The van der Waals surface area contributed by atoms with Gasteiger partial charge < -0.3 is 5.11 Å². The Kier molecular flexibility index (Phi) is 7.64. The number of thioether (sulfide) groups is 1. The van der Waals surface area contributed by atoms with Gasteiger partial charge in [-0.25, -0.2) is 0 Å². The average molecular weight is 634 g/mol. The number of aliphatic hydroxyl groups is 1. The normalized spacial score (nSPS) is 16.9. The highest BCUT2D eigenvalue weighted by Crippen LogP contribution is 2.44. The Labute approximate surface area is 238 Å². The molecule has 5 rings (SSSR count). The number of hydrogen-bond donors (Lipinski definition) is 1. The Morgan fingerprint density at radius 1 is 1.11 bits per heavy atom. The van der Waals surface area contributed by atoms with E-state index in [2.05, 4.69) is 31.1 Å². The van der Waals surface area contributed by atoms with Gasteiger partial charge in [-0.1, -0.05) is 86.5 Å². The summed E-state index contributed by atoms with van der Waals surface area (Å²) in [4.78, 5) is 31.9. The molecule has 1 fully saturated rings. The van der Waals surface area contributed by atoms with E-state index in [-0.39, 0.29) is 16.5 Å². The number of ketones is 1. The first-order valence-corrected chi connectivity index (χ1v) is 14.1. The lowest BCUT2D eigenvalue weighted by molar-refractivity contribution is -0.132. The minimum absolute atomic E-state index is 0.0438. The van der Waals surface area contributed by atoms with Crippen LogP contribution in [0.4, 0.5) is 5.13 Å². The summed E-state index contributed by atoms with van der Waals surface area (Å²) in [6.07, 6.45) is 3.14.